The van der Waals surface area contributed by atoms with Crippen molar-refractivity contribution >= 4 is 15.9 Å². The molecule has 2 nitrogen and oxygen atoms in total. The molecule has 0 aliphatic heterocycles. The molecule has 56 valence electrons. The third-order valence-corrected chi connectivity index (χ3v) is 1.36. The zero-order valence-corrected chi connectivity index (χ0v) is 6.47. The van der Waals surface area contributed by atoms with E-state index in [-0.39, 0.29) is 4.67 Å². The minimum absolute atomic E-state index is 0.148. The third-order valence-electron chi connectivity index (χ3n) is 0.930. The Kier molecular flexibility index (Phi) is 0.717. The number of halogens is 1. The molecule has 0 radical (unpaired) electrons. The second kappa shape index (κ2) is 2.40. The van der Waals surface area contributed by atoms with Gasteiger partial charge in [0.05, 0.1) is 0 Å². The molecular formula is C7H9BrO2. The summed E-state index contributed by atoms with van der Waals surface area (Å²) >= 11 is 2.91. The Balaban J connectivity index is 3.38. The molecule has 10 heavy (non-hydrogen) atoms. The van der Waals surface area contributed by atoms with Crippen LogP contribution in [0.25, 0.3) is 0 Å². The highest BCUT2D eigenvalue weighted by Crippen LogP contribution is 2.24. The van der Waals surface area contributed by atoms with E-state index < -0.39 is 25.1 Å². The minimum atomic E-state index is -3.12. The van der Waals surface area contributed by atoms with Gasteiger partial charge in [0.1, 0.15) is 11.4 Å². The van der Waals surface area contributed by atoms with E-state index in [1.165, 1.54) is 6.07 Å². The summed E-state index contributed by atoms with van der Waals surface area (Å²) in [5.41, 5.74) is -3.01. The van der Waals surface area contributed by atoms with Gasteiger partial charge in [-0.3, -0.25) is 0 Å². The van der Waals surface area contributed by atoms with Crippen LogP contribution in [0.3, 0.4) is 0 Å². The summed E-state index contributed by atoms with van der Waals surface area (Å²) in [5, 5.41) is 9.93. The number of rotatable bonds is 1. The summed E-state index contributed by atoms with van der Waals surface area (Å²) in [5.74, 6) is -0.514. The lowest BCUT2D eigenvalue weighted by molar-refractivity contribution is 0.0532. The van der Waals surface area contributed by atoms with E-state index >= 15 is 0 Å². The van der Waals surface area contributed by atoms with Gasteiger partial charge >= 0.3 is 0 Å². The van der Waals surface area contributed by atoms with Gasteiger partial charge < -0.3 is 9.52 Å². The average Bonchev–Trinajstić information content (AvgIpc) is 2.46. The molecule has 0 saturated carbocycles. The molecule has 1 aromatic heterocycles. The molecule has 0 aliphatic rings. The first-order valence-corrected chi connectivity index (χ1v) is 3.27. The Hall–Kier alpha value is -0.280. The fourth-order valence-corrected chi connectivity index (χ4v) is 0.815. The third kappa shape index (κ3) is 1.61. The minimum Gasteiger partial charge on any atom is -0.451 e. The lowest BCUT2D eigenvalue weighted by atomic mass is 10.1. The molecule has 3 heteroatoms. The molecule has 1 aromatic rings. The molecule has 1 heterocycles. The Morgan fingerprint density at radius 2 is 2.40 bits per heavy atom. The van der Waals surface area contributed by atoms with Gasteiger partial charge in [-0.2, -0.15) is 0 Å². The highest BCUT2D eigenvalue weighted by molar-refractivity contribution is 9.10. The molecule has 1 N–H and O–H groups in total. The average molecular weight is 211 g/mol. The van der Waals surface area contributed by atoms with Crippen molar-refractivity contribution in [2.75, 3.05) is 0 Å². The highest BCUT2D eigenvalue weighted by atomic mass is 79.9. The molecule has 1 rings (SSSR count). The topological polar surface area (TPSA) is 33.4 Å². The van der Waals surface area contributed by atoms with Crippen LogP contribution < -0.4 is 0 Å². The fourth-order valence-electron chi connectivity index (χ4n) is 0.509. The van der Waals surface area contributed by atoms with Crippen LogP contribution >= 0.6 is 15.9 Å². The van der Waals surface area contributed by atoms with Crippen molar-refractivity contribution in [2.24, 2.45) is 0 Å². The van der Waals surface area contributed by atoms with E-state index in [1.807, 2.05) is 0 Å². The number of aliphatic hydroxyl groups is 1. The Bertz CT molecular complexity index is 365. The molecule has 0 amide bonds. The van der Waals surface area contributed by atoms with Gasteiger partial charge in [0.2, 0.25) is 0 Å². The van der Waals surface area contributed by atoms with Gasteiger partial charge in [0, 0.05) is 8.22 Å². The summed E-state index contributed by atoms with van der Waals surface area (Å²) in [6.07, 6.45) is 0. The molecule has 0 saturated heterocycles. The first-order chi connectivity index (χ1) is 7.00. The zero-order valence-electron chi connectivity index (χ0n) is 10.9. The first-order valence-electron chi connectivity index (χ1n) is 5.48. The lowest BCUT2D eigenvalue weighted by Crippen LogP contribution is -2.13. The maximum Gasteiger partial charge on any atom is 0.169 e. The maximum atomic E-state index is 9.93. The summed E-state index contributed by atoms with van der Waals surface area (Å²) in [7, 11) is 0. The van der Waals surface area contributed by atoms with Gasteiger partial charge in [0.15, 0.2) is 4.67 Å². The van der Waals surface area contributed by atoms with Gasteiger partial charge in [-0.05, 0) is 41.8 Å². The SMILES string of the molecule is [2H]C([2H])([2H])C(O)(c1ccc(Br)o1)C([2H])([2H])[2H]. The first kappa shape index (κ1) is 2.99. The van der Waals surface area contributed by atoms with Crippen molar-refractivity contribution in [1.82, 2.24) is 0 Å². The van der Waals surface area contributed by atoms with E-state index in [0.717, 1.165) is 6.07 Å². The summed E-state index contributed by atoms with van der Waals surface area (Å²) in [6, 6.07) is 2.43. The predicted octanol–water partition coefficient (Wildman–Crippen LogP) is 2.27. The van der Waals surface area contributed by atoms with Crippen LogP contribution in [-0.4, -0.2) is 5.11 Å². The van der Waals surface area contributed by atoms with Crippen molar-refractivity contribution in [3.05, 3.63) is 22.6 Å². The molecule has 0 spiro atoms. The van der Waals surface area contributed by atoms with E-state index in [2.05, 4.69) is 15.9 Å². The van der Waals surface area contributed by atoms with Gasteiger partial charge in [0.25, 0.3) is 0 Å². The second-order valence-electron chi connectivity index (χ2n) is 1.81. The monoisotopic (exact) mass is 210 g/mol. The van der Waals surface area contributed by atoms with E-state index in [1.54, 1.807) is 0 Å². The quantitative estimate of drug-likeness (QED) is 0.772. The molecule has 0 aliphatic carbocycles. The van der Waals surface area contributed by atoms with Crippen molar-refractivity contribution in [3.63, 3.8) is 0 Å². The summed E-state index contributed by atoms with van der Waals surface area (Å²) < 4.78 is 47.8. The largest absolute Gasteiger partial charge is 0.451 e. The maximum absolute atomic E-state index is 9.93. The van der Waals surface area contributed by atoms with Crippen molar-refractivity contribution < 1.29 is 17.7 Å². The number of furan rings is 1. The standard InChI is InChI=1S/C7H9BrO2/c1-7(2,9)5-3-4-6(8)10-5/h3-4,9H,1-2H3/i1D3,2D3. The van der Waals surface area contributed by atoms with Crippen molar-refractivity contribution in [1.29, 1.82) is 0 Å². The predicted molar refractivity (Wildman–Crippen MR) is 41.7 cm³/mol. The second-order valence-corrected chi connectivity index (χ2v) is 2.60. The van der Waals surface area contributed by atoms with Crippen LogP contribution in [0.5, 0.6) is 0 Å². The normalized spacial score (nSPS) is 23.4. The van der Waals surface area contributed by atoms with Crippen LogP contribution in [-0.2, 0) is 5.60 Å². The van der Waals surface area contributed by atoms with Crippen LogP contribution in [0.2, 0.25) is 0 Å². The molecule has 0 unspecified atom stereocenters. The van der Waals surface area contributed by atoms with Crippen molar-refractivity contribution in [2.45, 2.75) is 19.3 Å². The Labute approximate surface area is 76.4 Å². The van der Waals surface area contributed by atoms with E-state index in [4.69, 9.17) is 12.6 Å². The smallest absolute Gasteiger partial charge is 0.169 e. The molecule has 0 atom stereocenters. The summed E-state index contributed by atoms with van der Waals surface area (Å²) in [4.78, 5) is 0. The van der Waals surface area contributed by atoms with Gasteiger partial charge in [-0.25, -0.2) is 0 Å². The summed E-state index contributed by atoms with van der Waals surface area (Å²) in [6.45, 7) is -6.23. The van der Waals surface area contributed by atoms with Gasteiger partial charge in [-0.15, -0.1) is 0 Å². The molecular weight excluding hydrogens is 196 g/mol. The fraction of sp³-hybridized carbons (Fsp3) is 0.429. The van der Waals surface area contributed by atoms with Crippen LogP contribution in [0, 0.1) is 0 Å². The van der Waals surface area contributed by atoms with Crippen molar-refractivity contribution in [3.8, 4) is 0 Å². The van der Waals surface area contributed by atoms with Crippen LogP contribution in [0.15, 0.2) is 21.2 Å². The van der Waals surface area contributed by atoms with Gasteiger partial charge in [-0.1, -0.05) is 0 Å². The van der Waals surface area contributed by atoms with Crippen LogP contribution in [0.4, 0.5) is 0 Å². The molecule has 0 aromatic carbocycles. The number of hydrogen-bond acceptors (Lipinski definition) is 2. The van der Waals surface area contributed by atoms with E-state index in [0.29, 0.717) is 0 Å². The highest BCUT2D eigenvalue weighted by Gasteiger charge is 2.19. The molecule has 0 bridgehead atoms. The zero-order chi connectivity index (χ0) is 12.8. The molecule has 0 fully saturated rings. The lowest BCUT2D eigenvalue weighted by Gasteiger charge is -2.12. The number of hydrogen-bond donors (Lipinski definition) is 1. The van der Waals surface area contributed by atoms with E-state index in [9.17, 15) is 5.11 Å². The van der Waals surface area contributed by atoms with Crippen LogP contribution in [0.1, 0.15) is 27.7 Å². The Morgan fingerprint density at radius 1 is 1.70 bits per heavy atom. The Morgan fingerprint density at radius 3 is 2.80 bits per heavy atom.